The Morgan fingerprint density at radius 2 is 1.69 bits per heavy atom. The van der Waals surface area contributed by atoms with Crippen molar-refractivity contribution in [2.45, 2.75) is 12.5 Å². The summed E-state index contributed by atoms with van der Waals surface area (Å²) in [7, 11) is 0. The van der Waals surface area contributed by atoms with E-state index in [0.29, 0.717) is 18.8 Å². The molecule has 0 N–H and O–H groups in total. The highest BCUT2D eigenvalue weighted by atomic mass is 32.1. The molecule has 0 unspecified atom stereocenters. The first-order chi connectivity index (χ1) is 14.1. The minimum Gasteiger partial charge on any atom is -0.345 e. The molecule has 2 saturated heterocycles. The second kappa shape index (κ2) is 7.20. The van der Waals surface area contributed by atoms with Gasteiger partial charge in [-0.1, -0.05) is 23.5 Å². The minimum absolute atomic E-state index is 0.164. The molecule has 5 rings (SSSR count). The largest absolute Gasteiger partial charge is 0.345 e. The van der Waals surface area contributed by atoms with Crippen LogP contribution >= 0.6 is 11.3 Å². The zero-order valence-electron chi connectivity index (χ0n) is 15.6. The number of hydrogen-bond donors (Lipinski definition) is 0. The van der Waals surface area contributed by atoms with E-state index < -0.39 is 11.9 Å². The summed E-state index contributed by atoms with van der Waals surface area (Å²) in [5.41, 5.74) is 1.43. The molecule has 2 aliphatic rings. The maximum Gasteiger partial charge on any atom is 0.251 e. The molecule has 2 aromatic carbocycles. The van der Waals surface area contributed by atoms with E-state index in [9.17, 15) is 14.0 Å². The Morgan fingerprint density at radius 3 is 2.41 bits per heavy atom. The Balaban J connectivity index is 1.27. The van der Waals surface area contributed by atoms with Crippen molar-refractivity contribution in [1.82, 2.24) is 9.88 Å². The highest BCUT2D eigenvalue weighted by Gasteiger charge is 2.43. The second-order valence-corrected chi connectivity index (χ2v) is 8.26. The summed E-state index contributed by atoms with van der Waals surface area (Å²) in [4.78, 5) is 35.6. The lowest BCUT2D eigenvalue weighted by Crippen LogP contribution is -2.52. The lowest BCUT2D eigenvalue weighted by Gasteiger charge is -2.36. The van der Waals surface area contributed by atoms with Gasteiger partial charge in [0.1, 0.15) is 5.82 Å². The molecule has 1 atom stereocenters. The van der Waals surface area contributed by atoms with Gasteiger partial charge in [-0.15, -0.1) is 0 Å². The SMILES string of the molecule is O=C1C[C@H](N2CCN(c3nc4ccccc4s3)CC2)C(=O)N1c1ccc(F)cc1. The summed E-state index contributed by atoms with van der Waals surface area (Å²) < 4.78 is 14.3. The number of aromatic nitrogens is 1. The fourth-order valence-electron chi connectivity index (χ4n) is 3.98. The molecule has 2 fully saturated rings. The van der Waals surface area contributed by atoms with Crippen LogP contribution in [0.25, 0.3) is 10.2 Å². The number of anilines is 2. The lowest BCUT2D eigenvalue weighted by molar-refractivity contribution is -0.123. The van der Waals surface area contributed by atoms with Crippen LogP contribution in [-0.2, 0) is 9.59 Å². The highest BCUT2D eigenvalue weighted by Crippen LogP contribution is 2.31. The molecule has 0 aliphatic carbocycles. The third-order valence-corrected chi connectivity index (χ3v) is 6.61. The van der Waals surface area contributed by atoms with Crippen molar-refractivity contribution in [3.63, 3.8) is 0 Å². The van der Waals surface area contributed by atoms with Crippen molar-refractivity contribution < 1.29 is 14.0 Å². The Bertz CT molecular complexity index is 1040. The van der Waals surface area contributed by atoms with E-state index in [2.05, 4.69) is 15.9 Å². The van der Waals surface area contributed by atoms with Crippen LogP contribution in [0, 0.1) is 5.82 Å². The smallest absolute Gasteiger partial charge is 0.251 e. The molecule has 1 aromatic heterocycles. The molecular weight excluding hydrogens is 391 g/mol. The van der Waals surface area contributed by atoms with Crippen molar-refractivity contribution in [3.05, 3.63) is 54.3 Å². The number of carbonyl (C=O) groups excluding carboxylic acids is 2. The third-order valence-electron chi connectivity index (χ3n) is 5.52. The Morgan fingerprint density at radius 1 is 0.966 bits per heavy atom. The number of fused-ring (bicyclic) bond motifs is 1. The maximum absolute atomic E-state index is 13.2. The fraction of sp³-hybridized carbons (Fsp3) is 0.286. The Hall–Kier alpha value is -2.84. The van der Waals surface area contributed by atoms with Crippen LogP contribution in [0.2, 0.25) is 0 Å². The van der Waals surface area contributed by atoms with E-state index >= 15 is 0 Å². The number of rotatable bonds is 3. The number of thiazole rings is 1. The monoisotopic (exact) mass is 410 g/mol. The minimum atomic E-state index is -0.454. The number of amides is 2. The maximum atomic E-state index is 13.2. The number of piperazine rings is 1. The average molecular weight is 410 g/mol. The van der Waals surface area contributed by atoms with Crippen LogP contribution in [-0.4, -0.2) is 53.9 Å². The molecule has 3 heterocycles. The van der Waals surface area contributed by atoms with Crippen LogP contribution in [0.1, 0.15) is 6.42 Å². The summed E-state index contributed by atoms with van der Waals surface area (Å²) in [6, 6.07) is 13.1. The lowest BCUT2D eigenvalue weighted by atomic mass is 10.2. The standard InChI is InChI=1S/C21H19FN4O2S/c22-14-5-7-15(8-6-14)26-19(27)13-17(20(26)28)24-9-11-25(12-10-24)21-23-16-3-1-2-4-18(16)29-21/h1-8,17H,9-13H2/t17-/m0/s1. The van der Waals surface area contributed by atoms with Gasteiger partial charge in [-0.05, 0) is 36.4 Å². The summed E-state index contributed by atoms with van der Waals surface area (Å²) in [6.07, 6.45) is 0.164. The molecule has 6 nitrogen and oxygen atoms in total. The van der Waals surface area contributed by atoms with Crippen molar-refractivity contribution in [3.8, 4) is 0 Å². The number of halogens is 1. The van der Waals surface area contributed by atoms with E-state index in [-0.39, 0.29) is 18.2 Å². The summed E-state index contributed by atoms with van der Waals surface area (Å²) in [6.45, 7) is 2.90. The van der Waals surface area contributed by atoms with E-state index in [1.165, 1.54) is 29.2 Å². The van der Waals surface area contributed by atoms with Crippen LogP contribution < -0.4 is 9.80 Å². The molecule has 2 aliphatic heterocycles. The van der Waals surface area contributed by atoms with Gasteiger partial charge in [0.05, 0.1) is 28.4 Å². The Kier molecular flexibility index (Phi) is 4.52. The highest BCUT2D eigenvalue weighted by molar-refractivity contribution is 7.22. The topological polar surface area (TPSA) is 56.8 Å². The third kappa shape index (κ3) is 3.28. The van der Waals surface area contributed by atoms with Crippen LogP contribution in [0.15, 0.2) is 48.5 Å². The van der Waals surface area contributed by atoms with E-state index in [1.54, 1.807) is 11.3 Å². The summed E-state index contributed by atoms with van der Waals surface area (Å²) in [5.74, 6) is -0.856. The van der Waals surface area contributed by atoms with Crippen molar-refractivity contribution in [2.24, 2.45) is 0 Å². The van der Waals surface area contributed by atoms with Gasteiger partial charge in [-0.3, -0.25) is 14.5 Å². The van der Waals surface area contributed by atoms with Crippen molar-refractivity contribution >= 4 is 44.2 Å². The van der Waals surface area contributed by atoms with Crippen LogP contribution in [0.4, 0.5) is 15.2 Å². The molecule has 3 aromatic rings. The molecule has 0 bridgehead atoms. The summed E-state index contributed by atoms with van der Waals surface area (Å²) >= 11 is 1.67. The molecule has 0 radical (unpaired) electrons. The number of imide groups is 1. The molecule has 0 saturated carbocycles. The average Bonchev–Trinajstić information content (AvgIpc) is 3.30. The Labute approximate surface area is 171 Å². The van der Waals surface area contributed by atoms with Crippen molar-refractivity contribution in [1.29, 1.82) is 0 Å². The van der Waals surface area contributed by atoms with Gasteiger partial charge in [0.2, 0.25) is 5.91 Å². The predicted octanol–water partition coefficient (Wildman–Crippen LogP) is 2.89. The van der Waals surface area contributed by atoms with E-state index in [4.69, 9.17) is 4.98 Å². The first-order valence-electron chi connectivity index (χ1n) is 9.57. The van der Waals surface area contributed by atoms with E-state index in [0.717, 1.165) is 28.4 Å². The normalized spacial score (nSPS) is 20.8. The first kappa shape index (κ1) is 18.2. The zero-order valence-corrected chi connectivity index (χ0v) is 16.4. The van der Waals surface area contributed by atoms with Crippen LogP contribution in [0.3, 0.4) is 0 Å². The second-order valence-electron chi connectivity index (χ2n) is 7.25. The van der Waals surface area contributed by atoms with Gasteiger partial charge in [-0.2, -0.15) is 0 Å². The van der Waals surface area contributed by atoms with Gasteiger partial charge in [-0.25, -0.2) is 14.3 Å². The van der Waals surface area contributed by atoms with Gasteiger partial charge in [0, 0.05) is 26.2 Å². The predicted molar refractivity (Wildman–Crippen MR) is 111 cm³/mol. The van der Waals surface area contributed by atoms with Gasteiger partial charge < -0.3 is 4.90 Å². The molecule has 29 heavy (non-hydrogen) atoms. The number of hydrogen-bond acceptors (Lipinski definition) is 6. The molecule has 148 valence electrons. The van der Waals surface area contributed by atoms with Gasteiger partial charge in [0.15, 0.2) is 5.13 Å². The number of para-hydroxylation sites is 1. The molecule has 0 spiro atoms. The molecule has 8 heteroatoms. The van der Waals surface area contributed by atoms with Crippen LogP contribution in [0.5, 0.6) is 0 Å². The van der Waals surface area contributed by atoms with Gasteiger partial charge >= 0.3 is 0 Å². The first-order valence-corrected chi connectivity index (χ1v) is 10.4. The number of carbonyl (C=O) groups is 2. The zero-order chi connectivity index (χ0) is 20.0. The number of benzene rings is 2. The number of nitrogens with zero attached hydrogens (tertiary/aromatic N) is 4. The van der Waals surface area contributed by atoms with E-state index in [1.807, 2.05) is 18.2 Å². The fourth-order valence-corrected chi connectivity index (χ4v) is 5.00. The molecule has 2 amide bonds. The molecular formula is C21H19FN4O2S. The summed E-state index contributed by atoms with van der Waals surface area (Å²) in [5, 5.41) is 0.993. The quantitative estimate of drug-likeness (QED) is 0.622. The van der Waals surface area contributed by atoms with Gasteiger partial charge in [0.25, 0.3) is 5.91 Å². The van der Waals surface area contributed by atoms with Crippen molar-refractivity contribution in [2.75, 3.05) is 36.0 Å².